The van der Waals surface area contributed by atoms with E-state index in [-0.39, 0.29) is 25.2 Å². The number of carboxylic acids is 1. The molecule has 5 rings (SSSR count). The number of alkyl carbamates (subject to hydrolysis) is 1. The molecule has 2 saturated heterocycles. The largest absolute Gasteiger partial charge is 0.479 e. The molecule has 2 heterocycles. The Kier molecular flexibility index (Phi) is 5.77. The summed E-state index contributed by atoms with van der Waals surface area (Å²) in [5, 5.41) is 12.5. The summed E-state index contributed by atoms with van der Waals surface area (Å²) in [5.41, 5.74) is 3.26. The first kappa shape index (κ1) is 22.4. The fourth-order valence-electron chi connectivity index (χ4n) is 5.93. The first-order chi connectivity index (χ1) is 16.5. The van der Waals surface area contributed by atoms with Crippen molar-refractivity contribution in [3.8, 4) is 11.1 Å². The SMILES string of the molecule is COC[C@H](NC(=O)OCC1c2ccccc2-c2ccccc21)C(=O)N1C2CCC1(C(=O)O)CC2. The van der Waals surface area contributed by atoms with Crippen LogP contribution >= 0.6 is 0 Å². The number of hydrogen-bond donors (Lipinski definition) is 2. The normalized spacial score (nSPS) is 23.3. The molecule has 0 unspecified atom stereocenters. The average Bonchev–Trinajstić information content (AvgIpc) is 3.51. The number of benzene rings is 2. The lowest BCUT2D eigenvalue weighted by molar-refractivity contribution is -0.156. The maximum atomic E-state index is 13.3. The van der Waals surface area contributed by atoms with Gasteiger partial charge in [0.15, 0.2) is 0 Å². The van der Waals surface area contributed by atoms with Gasteiger partial charge in [-0.15, -0.1) is 0 Å². The maximum absolute atomic E-state index is 13.3. The van der Waals surface area contributed by atoms with Crippen molar-refractivity contribution < 1.29 is 29.0 Å². The Balaban J connectivity index is 1.28. The molecule has 8 heteroatoms. The van der Waals surface area contributed by atoms with Crippen molar-refractivity contribution in [3.05, 3.63) is 59.7 Å². The Morgan fingerprint density at radius 3 is 2.21 bits per heavy atom. The molecule has 2 aromatic carbocycles. The molecule has 0 aromatic heterocycles. The molecule has 2 N–H and O–H groups in total. The quantitative estimate of drug-likeness (QED) is 0.652. The third kappa shape index (κ3) is 3.53. The van der Waals surface area contributed by atoms with E-state index in [0.29, 0.717) is 25.7 Å². The summed E-state index contributed by atoms with van der Waals surface area (Å²) < 4.78 is 10.8. The maximum Gasteiger partial charge on any atom is 0.407 e. The molecule has 2 aromatic rings. The van der Waals surface area contributed by atoms with E-state index in [0.717, 1.165) is 22.3 Å². The van der Waals surface area contributed by atoms with Crippen LogP contribution in [0, 0.1) is 0 Å². The van der Waals surface area contributed by atoms with E-state index in [1.54, 1.807) is 0 Å². The van der Waals surface area contributed by atoms with Crippen LogP contribution in [0.2, 0.25) is 0 Å². The molecule has 8 nitrogen and oxygen atoms in total. The predicted octanol–water partition coefficient (Wildman–Crippen LogP) is 3.15. The molecule has 0 spiro atoms. The second-order valence-corrected chi connectivity index (χ2v) is 9.25. The lowest BCUT2D eigenvalue weighted by Gasteiger charge is -2.33. The van der Waals surface area contributed by atoms with E-state index in [1.165, 1.54) is 12.0 Å². The number of carbonyl (C=O) groups excluding carboxylic acids is 2. The van der Waals surface area contributed by atoms with Crippen molar-refractivity contribution in [2.75, 3.05) is 20.3 Å². The van der Waals surface area contributed by atoms with Crippen molar-refractivity contribution in [2.45, 2.75) is 49.2 Å². The van der Waals surface area contributed by atoms with Crippen LogP contribution in [-0.2, 0) is 19.1 Å². The molecule has 2 bridgehead atoms. The molecule has 3 aliphatic rings. The van der Waals surface area contributed by atoms with Crippen LogP contribution in [0.25, 0.3) is 11.1 Å². The highest BCUT2D eigenvalue weighted by Crippen LogP contribution is 2.47. The van der Waals surface area contributed by atoms with Crippen LogP contribution in [0.4, 0.5) is 4.79 Å². The zero-order chi connectivity index (χ0) is 23.9. The van der Waals surface area contributed by atoms with E-state index in [4.69, 9.17) is 9.47 Å². The van der Waals surface area contributed by atoms with Gasteiger partial charge in [-0.1, -0.05) is 48.5 Å². The number of methoxy groups -OCH3 is 1. The minimum atomic E-state index is -1.18. The molecule has 2 amide bonds. The number of nitrogens with zero attached hydrogens (tertiary/aromatic N) is 1. The summed E-state index contributed by atoms with van der Waals surface area (Å²) in [6.45, 7) is 0.0566. The lowest BCUT2D eigenvalue weighted by atomic mass is 9.88. The molecule has 178 valence electrons. The number of ether oxygens (including phenoxy) is 2. The molecule has 0 saturated carbocycles. The van der Waals surface area contributed by atoms with E-state index in [1.807, 2.05) is 36.4 Å². The van der Waals surface area contributed by atoms with Gasteiger partial charge >= 0.3 is 12.1 Å². The second kappa shape index (κ2) is 8.76. The Hall–Kier alpha value is -3.39. The summed E-state index contributed by atoms with van der Waals surface area (Å²) in [7, 11) is 1.44. The van der Waals surface area contributed by atoms with E-state index >= 15 is 0 Å². The highest BCUT2D eigenvalue weighted by Gasteiger charge is 2.59. The molecule has 0 radical (unpaired) electrons. The average molecular weight is 465 g/mol. The molecule has 34 heavy (non-hydrogen) atoms. The molecule has 1 aliphatic carbocycles. The molecular formula is C26H28N2O6. The van der Waals surface area contributed by atoms with Crippen LogP contribution in [0.5, 0.6) is 0 Å². The number of hydrogen-bond acceptors (Lipinski definition) is 5. The number of carboxylic acid groups (broad SMARTS) is 1. The number of fused-ring (bicyclic) bond motifs is 5. The summed E-state index contributed by atoms with van der Waals surface area (Å²) in [5.74, 6) is -1.52. The van der Waals surface area contributed by atoms with Crippen molar-refractivity contribution in [2.24, 2.45) is 0 Å². The van der Waals surface area contributed by atoms with Crippen LogP contribution in [-0.4, -0.2) is 65.9 Å². The first-order valence-electron chi connectivity index (χ1n) is 11.6. The van der Waals surface area contributed by atoms with E-state index < -0.39 is 29.6 Å². The van der Waals surface area contributed by atoms with Gasteiger partial charge in [0.1, 0.15) is 18.2 Å². The van der Waals surface area contributed by atoms with Gasteiger partial charge in [-0.2, -0.15) is 0 Å². The van der Waals surface area contributed by atoms with Gasteiger partial charge in [0.25, 0.3) is 0 Å². The van der Waals surface area contributed by atoms with Crippen molar-refractivity contribution in [3.63, 3.8) is 0 Å². The number of aliphatic carboxylic acids is 1. The highest BCUT2D eigenvalue weighted by molar-refractivity contribution is 5.93. The fraction of sp³-hybridized carbons (Fsp3) is 0.423. The summed E-state index contributed by atoms with van der Waals surface area (Å²) >= 11 is 0. The third-order valence-corrected chi connectivity index (χ3v) is 7.51. The number of rotatable bonds is 7. The van der Waals surface area contributed by atoms with Gasteiger partial charge in [0, 0.05) is 19.1 Å². The molecular weight excluding hydrogens is 436 g/mol. The zero-order valence-corrected chi connectivity index (χ0v) is 19.0. The predicted molar refractivity (Wildman–Crippen MR) is 123 cm³/mol. The number of amides is 2. The van der Waals surface area contributed by atoms with Gasteiger partial charge < -0.3 is 24.8 Å². The summed E-state index contributed by atoms with van der Waals surface area (Å²) in [6.07, 6.45) is 1.45. The van der Waals surface area contributed by atoms with Gasteiger partial charge in [-0.25, -0.2) is 9.59 Å². The smallest absolute Gasteiger partial charge is 0.407 e. The Labute approximate surface area is 197 Å². The highest BCUT2D eigenvalue weighted by atomic mass is 16.5. The molecule has 2 fully saturated rings. The third-order valence-electron chi connectivity index (χ3n) is 7.51. The Morgan fingerprint density at radius 1 is 1.06 bits per heavy atom. The van der Waals surface area contributed by atoms with Crippen molar-refractivity contribution >= 4 is 18.0 Å². The molecule has 2 aliphatic heterocycles. The number of nitrogens with one attached hydrogen (secondary N) is 1. The second-order valence-electron chi connectivity index (χ2n) is 9.25. The van der Waals surface area contributed by atoms with Gasteiger partial charge in [0.05, 0.1) is 6.61 Å². The Bertz CT molecular complexity index is 1080. The van der Waals surface area contributed by atoms with Crippen molar-refractivity contribution in [1.82, 2.24) is 10.2 Å². The van der Waals surface area contributed by atoms with Crippen molar-refractivity contribution in [1.29, 1.82) is 0 Å². The van der Waals surface area contributed by atoms with Gasteiger partial charge in [-0.3, -0.25) is 4.79 Å². The first-order valence-corrected chi connectivity index (χ1v) is 11.6. The monoisotopic (exact) mass is 464 g/mol. The van der Waals surface area contributed by atoms with E-state index in [9.17, 15) is 19.5 Å². The minimum absolute atomic E-state index is 0.0675. The lowest BCUT2D eigenvalue weighted by Crippen LogP contribution is -2.58. The number of carbonyl (C=O) groups is 3. The van der Waals surface area contributed by atoms with Crippen LogP contribution < -0.4 is 5.32 Å². The standard InChI is InChI=1S/C26H28N2O6/c1-33-15-22(23(29)28-16-10-12-26(28,13-11-16)24(30)31)27-25(32)34-14-21-19-8-4-2-6-17(19)18-7-3-5-9-20(18)21/h2-9,16,21-22H,10-15H2,1H3,(H,27,32)(H,30,31)/t16?,22-,26?/m0/s1. The van der Waals surface area contributed by atoms with Crippen LogP contribution in [0.15, 0.2) is 48.5 Å². The summed E-state index contributed by atoms with van der Waals surface area (Å²) in [4.78, 5) is 39.6. The van der Waals surface area contributed by atoms with Crippen LogP contribution in [0.3, 0.4) is 0 Å². The minimum Gasteiger partial charge on any atom is -0.479 e. The van der Waals surface area contributed by atoms with Gasteiger partial charge in [-0.05, 0) is 47.9 Å². The summed E-state index contributed by atoms with van der Waals surface area (Å²) in [6, 6.07) is 15.0. The van der Waals surface area contributed by atoms with E-state index in [2.05, 4.69) is 17.4 Å². The van der Waals surface area contributed by atoms with Gasteiger partial charge in [0.2, 0.25) is 5.91 Å². The topological polar surface area (TPSA) is 105 Å². The van der Waals surface area contributed by atoms with Crippen LogP contribution in [0.1, 0.15) is 42.7 Å². The Morgan fingerprint density at radius 2 is 1.65 bits per heavy atom. The fourth-order valence-corrected chi connectivity index (χ4v) is 5.93. The molecule has 1 atom stereocenters. The zero-order valence-electron chi connectivity index (χ0n) is 19.0.